The van der Waals surface area contributed by atoms with Crippen molar-refractivity contribution in [3.8, 4) is 23.0 Å². The molecule has 4 aromatic rings. The third-order valence-corrected chi connectivity index (χ3v) is 4.69. The predicted molar refractivity (Wildman–Crippen MR) is 116 cm³/mol. The fourth-order valence-corrected chi connectivity index (χ4v) is 3.11. The monoisotopic (exact) mass is 455 g/mol. The molecule has 0 radical (unpaired) electrons. The Bertz CT molecular complexity index is 1250. The molecule has 2 heterocycles. The molecule has 1 amide bonds. The van der Waals surface area contributed by atoms with Gasteiger partial charge in [-0.3, -0.25) is 4.79 Å². The van der Waals surface area contributed by atoms with Crippen LogP contribution in [0.15, 0.2) is 60.7 Å². The minimum Gasteiger partial charge on any atom is -0.481 e. The number of nitrogens with one attached hydrogen (secondary N) is 1. The van der Waals surface area contributed by atoms with Crippen LogP contribution in [0.25, 0.3) is 17.0 Å². The molecule has 0 spiro atoms. The lowest BCUT2D eigenvalue weighted by atomic mass is 10.2. The van der Waals surface area contributed by atoms with Crippen molar-refractivity contribution in [2.45, 2.75) is 13.0 Å². The fraction of sp³-hybridized carbons (Fsp3) is 0.182. The maximum absolute atomic E-state index is 13.6. The number of benzene rings is 2. The summed E-state index contributed by atoms with van der Waals surface area (Å²) in [4.78, 5) is 12.2. The Morgan fingerprint density at radius 1 is 1.16 bits per heavy atom. The second kappa shape index (κ2) is 9.61. The second-order valence-corrected chi connectivity index (χ2v) is 7.27. The first-order valence-electron chi connectivity index (χ1n) is 9.81. The van der Waals surface area contributed by atoms with E-state index in [-0.39, 0.29) is 24.9 Å². The molecule has 164 valence electrons. The molecule has 2 aromatic carbocycles. The number of amides is 1. The van der Waals surface area contributed by atoms with Crippen molar-refractivity contribution >= 4 is 23.2 Å². The Morgan fingerprint density at radius 2 is 2.00 bits per heavy atom. The third-order valence-electron chi connectivity index (χ3n) is 4.45. The average Bonchev–Trinajstić information content (AvgIpc) is 3.20. The number of aromatic nitrogens is 4. The van der Waals surface area contributed by atoms with Crippen LogP contribution >= 0.6 is 11.6 Å². The molecule has 8 nitrogen and oxygen atoms in total. The first-order valence-corrected chi connectivity index (χ1v) is 10.2. The highest BCUT2D eigenvalue weighted by Gasteiger charge is 2.15. The number of carbonyl (C=O) groups is 1. The van der Waals surface area contributed by atoms with Gasteiger partial charge in [0.25, 0.3) is 5.91 Å². The molecule has 1 N–H and O–H groups in total. The van der Waals surface area contributed by atoms with E-state index >= 15 is 0 Å². The van der Waals surface area contributed by atoms with Gasteiger partial charge in [0.2, 0.25) is 5.88 Å². The molecule has 32 heavy (non-hydrogen) atoms. The maximum Gasteiger partial charge on any atom is 0.260 e. The number of carbonyl (C=O) groups excluding carboxylic acids is 1. The Hall–Kier alpha value is -3.72. The first kappa shape index (κ1) is 21.5. The number of hydrogen-bond acceptors (Lipinski definition) is 6. The van der Waals surface area contributed by atoms with Crippen molar-refractivity contribution in [3.63, 3.8) is 0 Å². The van der Waals surface area contributed by atoms with Gasteiger partial charge < -0.3 is 14.8 Å². The van der Waals surface area contributed by atoms with Crippen LogP contribution < -0.4 is 14.8 Å². The van der Waals surface area contributed by atoms with Crippen molar-refractivity contribution in [1.82, 2.24) is 25.1 Å². The topological polar surface area (TPSA) is 90.6 Å². The quantitative estimate of drug-likeness (QED) is 0.409. The Kier molecular flexibility index (Phi) is 6.46. The van der Waals surface area contributed by atoms with Gasteiger partial charge in [-0.05, 0) is 43.3 Å². The number of halogens is 2. The molecule has 0 aliphatic carbocycles. The van der Waals surface area contributed by atoms with Gasteiger partial charge in [-0.25, -0.2) is 4.39 Å². The van der Waals surface area contributed by atoms with Gasteiger partial charge in [-0.1, -0.05) is 29.8 Å². The number of ether oxygens (including phenoxy) is 2. The highest BCUT2D eigenvalue weighted by molar-refractivity contribution is 6.30. The summed E-state index contributed by atoms with van der Waals surface area (Å²) in [5.74, 6) is 0.551. The van der Waals surface area contributed by atoms with Crippen LogP contribution in [0.5, 0.6) is 11.6 Å². The Labute approximate surface area is 187 Å². The summed E-state index contributed by atoms with van der Waals surface area (Å²) in [6.07, 6.45) is -0.700. The van der Waals surface area contributed by atoms with E-state index in [2.05, 4.69) is 20.6 Å². The zero-order valence-electron chi connectivity index (χ0n) is 17.0. The SMILES string of the molecule is CC(Oc1cccc(Cl)c1)C(=O)NCCOc1ccc2nnc(-c3cccc(F)c3)n2n1. The highest BCUT2D eigenvalue weighted by atomic mass is 35.5. The molecule has 1 unspecified atom stereocenters. The first-order chi connectivity index (χ1) is 15.5. The zero-order valence-corrected chi connectivity index (χ0v) is 17.8. The van der Waals surface area contributed by atoms with Crippen molar-refractivity contribution in [2.24, 2.45) is 0 Å². The zero-order chi connectivity index (χ0) is 22.5. The number of nitrogens with zero attached hydrogens (tertiary/aromatic N) is 4. The molecular weight excluding hydrogens is 437 g/mol. The summed E-state index contributed by atoms with van der Waals surface area (Å²) in [5, 5.41) is 15.7. The van der Waals surface area contributed by atoms with E-state index in [9.17, 15) is 9.18 Å². The van der Waals surface area contributed by atoms with Crippen molar-refractivity contribution in [3.05, 3.63) is 71.5 Å². The lowest BCUT2D eigenvalue weighted by molar-refractivity contribution is -0.127. The largest absolute Gasteiger partial charge is 0.481 e. The van der Waals surface area contributed by atoms with Gasteiger partial charge in [0, 0.05) is 16.7 Å². The molecule has 0 aliphatic heterocycles. The average molecular weight is 456 g/mol. The second-order valence-electron chi connectivity index (χ2n) is 6.83. The van der Waals surface area contributed by atoms with E-state index in [0.717, 1.165) is 0 Å². The molecule has 0 bridgehead atoms. The number of hydrogen-bond donors (Lipinski definition) is 1. The van der Waals surface area contributed by atoms with E-state index in [1.807, 2.05) is 0 Å². The minimum absolute atomic E-state index is 0.186. The molecular formula is C22H19ClFN5O3. The Balaban J connectivity index is 1.32. The molecule has 10 heteroatoms. The van der Waals surface area contributed by atoms with Crippen molar-refractivity contribution in [1.29, 1.82) is 0 Å². The van der Waals surface area contributed by atoms with Crippen LogP contribution in [-0.4, -0.2) is 45.0 Å². The molecule has 0 saturated heterocycles. The van der Waals surface area contributed by atoms with Crippen molar-refractivity contribution in [2.75, 3.05) is 13.2 Å². The smallest absolute Gasteiger partial charge is 0.260 e. The molecule has 0 saturated carbocycles. The summed E-state index contributed by atoms with van der Waals surface area (Å²) in [7, 11) is 0. The van der Waals surface area contributed by atoms with Crippen LogP contribution in [0.4, 0.5) is 4.39 Å². The third kappa shape index (κ3) is 5.12. The highest BCUT2D eigenvalue weighted by Crippen LogP contribution is 2.20. The fourth-order valence-electron chi connectivity index (χ4n) is 2.93. The lowest BCUT2D eigenvalue weighted by Gasteiger charge is -2.15. The van der Waals surface area contributed by atoms with Gasteiger partial charge in [-0.15, -0.1) is 15.3 Å². The van der Waals surface area contributed by atoms with Gasteiger partial charge in [0.05, 0.1) is 6.54 Å². The summed E-state index contributed by atoms with van der Waals surface area (Å²) < 4.78 is 26.2. The molecule has 0 fully saturated rings. The summed E-state index contributed by atoms with van der Waals surface area (Å²) in [6.45, 7) is 2.08. The predicted octanol–water partition coefficient (Wildman–Crippen LogP) is 3.55. The van der Waals surface area contributed by atoms with Crippen LogP contribution in [0, 0.1) is 5.82 Å². The van der Waals surface area contributed by atoms with E-state index in [0.29, 0.717) is 33.7 Å². The van der Waals surface area contributed by atoms with Gasteiger partial charge in [0.1, 0.15) is 18.2 Å². The minimum atomic E-state index is -0.700. The van der Waals surface area contributed by atoms with Crippen LogP contribution in [0.3, 0.4) is 0 Å². The van der Waals surface area contributed by atoms with Crippen LogP contribution in [0.2, 0.25) is 5.02 Å². The Morgan fingerprint density at radius 3 is 2.81 bits per heavy atom. The number of rotatable bonds is 8. The van der Waals surface area contributed by atoms with Gasteiger partial charge in [0.15, 0.2) is 17.6 Å². The van der Waals surface area contributed by atoms with Crippen molar-refractivity contribution < 1.29 is 18.7 Å². The van der Waals surface area contributed by atoms with Gasteiger partial charge in [-0.2, -0.15) is 4.52 Å². The number of fused-ring (bicyclic) bond motifs is 1. The molecule has 0 aliphatic rings. The lowest BCUT2D eigenvalue weighted by Crippen LogP contribution is -2.38. The maximum atomic E-state index is 13.6. The standard InChI is InChI=1S/C22H19ClFN5O3/c1-14(32-18-7-3-5-16(23)13-18)22(30)25-10-11-31-20-9-8-19-26-27-21(29(19)28-20)15-4-2-6-17(24)12-15/h2-9,12-14H,10-11H2,1H3,(H,25,30). The normalized spacial score (nSPS) is 11.8. The summed E-state index contributed by atoms with van der Waals surface area (Å²) in [5.41, 5.74) is 1.04. The molecule has 2 aromatic heterocycles. The van der Waals surface area contributed by atoms with Crippen LogP contribution in [-0.2, 0) is 4.79 Å². The van der Waals surface area contributed by atoms with E-state index < -0.39 is 6.10 Å². The molecule has 4 rings (SSSR count). The summed E-state index contributed by atoms with van der Waals surface area (Å²) in [6, 6.07) is 16.2. The van der Waals surface area contributed by atoms with E-state index in [1.165, 1.54) is 16.6 Å². The molecule has 1 atom stereocenters. The van der Waals surface area contributed by atoms with Crippen LogP contribution in [0.1, 0.15) is 6.92 Å². The van der Waals surface area contributed by atoms with E-state index in [1.54, 1.807) is 55.5 Å². The van der Waals surface area contributed by atoms with Gasteiger partial charge >= 0.3 is 0 Å². The van der Waals surface area contributed by atoms with E-state index in [4.69, 9.17) is 21.1 Å². The summed E-state index contributed by atoms with van der Waals surface area (Å²) >= 11 is 5.92.